The lowest BCUT2D eigenvalue weighted by atomic mass is 9.75. The lowest BCUT2D eigenvalue weighted by Gasteiger charge is -2.50. The van der Waals surface area contributed by atoms with Crippen LogP contribution in [0.4, 0.5) is 10.5 Å². The normalized spacial score (nSPS) is 26.2. The molecule has 6 atom stereocenters. The lowest BCUT2D eigenvalue weighted by Crippen LogP contribution is -2.61. The molecule has 0 aromatic heterocycles. The van der Waals surface area contributed by atoms with Crippen molar-refractivity contribution in [3.05, 3.63) is 65.2 Å². The van der Waals surface area contributed by atoms with Crippen LogP contribution in [0.1, 0.15) is 102 Å². The number of nitrogens with one attached hydrogen (secondary N) is 3. The minimum absolute atomic E-state index is 0.0308. The quantitative estimate of drug-likeness (QED) is 0.250. The van der Waals surface area contributed by atoms with Crippen LogP contribution in [0.2, 0.25) is 0 Å². The Bertz CT molecular complexity index is 1380. The van der Waals surface area contributed by atoms with Gasteiger partial charge < -0.3 is 35.3 Å². The standard InChI is InChI=1S/C37H52N4O7/c1-5-46-33(43)21-38-36(45)39-28-17-14-27(15-18-28)35-47-29(20-32(48-35)26-12-10-24(23-42)11-13-26)22-41-30-9-7-6-8-25(30)16-19-31(41)34(44)40-37(2,3)4/h10-15,17-18,25,29-32,35,42H,5-9,16,19-23H2,1-4H3,(H,40,44)(H2,38,39,45). The third-order valence-electron chi connectivity index (χ3n) is 9.48. The summed E-state index contributed by atoms with van der Waals surface area (Å²) in [5.74, 6) is 0.166. The van der Waals surface area contributed by atoms with Crippen molar-refractivity contribution in [1.82, 2.24) is 15.5 Å². The van der Waals surface area contributed by atoms with Crippen LogP contribution < -0.4 is 16.0 Å². The SMILES string of the molecule is CCOC(=O)CNC(=O)Nc1ccc(C2OC(CN3C(C(=O)NC(C)(C)C)CCC4CCCCC43)CC(c3ccc(CO)cc3)O2)cc1. The molecule has 0 spiro atoms. The van der Waals surface area contributed by atoms with E-state index >= 15 is 0 Å². The van der Waals surface area contributed by atoms with Gasteiger partial charge in [-0.25, -0.2) is 4.79 Å². The molecule has 6 unspecified atom stereocenters. The first-order chi connectivity index (χ1) is 23.0. The summed E-state index contributed by atoms with van der Waals surface area (Å²) in [5, 5.41) is 18.1. The number of nitrogens with zero attached hydrogens (tertiary/aromatic N) is 1. The number of carbonyl (C=O) groups excluding carboxylic acids is 3. The van der Waals surface area contributed by atoms with E-state index in [1.54, 1.807) is 19.1 Å². The van der Waals surface area contributed by atoms with Gasteiger partial charge in [-0.2, -0.15) is 0 Å². The number of likely N-dealkylation sites (tertiary alicyclic amines) is 1. The molecular weight excluding hydrogens is 612 g/mol. The van der Waals surface area contributed by atoms with Crippen LogP contribution in [-0.4, -0.2) is 71.3 Å². The number of anilines is 1. The van der Waals surface area contributed by atoms with Crippen molar-refractivity contribution >= 4 is 23.6 Å². The van der Waals surface area contributed by atoms with Crippen LogP contribution in [0.15, 0.2) is 48.5 Å². The Morgan fingerprint density at radius 2 is 1.65 bits per heavy atom. The van der Waals surface area contributed by atoms with Gasteiger partial charge in [-0.05, 0) is 82.6 Å². The van der Waals surface area contributed by atoms with Crippen molar-refractivity contribution in [2.45, 2.75) is 115 Å². The predicted molar refractivity (Wildman–Crippen MR) is 182 cm³/mol. The molecule has 2 aliphatic heterocycles. The predicted octanol–water partition coefficient (Wildman–Crippen LogP) is 5.35. The summed E-state index contributed by atoms with van der Waals surface area (Å²) < 4.78 is 18.1. The molecule has 2 aromatic carbocycles. The molecule has 262 valence electrons. The molecule has 1 aliphatic carbocycles. The summed E-state index contributed by atoms with van der Waals surface area (Å²) in [6.07, 6.45) is 6.09. The molecule has 48 heavy (non-hydrogen) atoms. The molecule has 0 radical (unpaired) electrons. The number of aliphatic hydroxyl groups is 1. The van der Waals surface area contributed by atoms with Gasteiger partial charge in [0, 0.05) is 35.8 Å². The molecule has 11 heteroatoms. The van der Waals surface area contributed by atoms with Crippen molar-refractivity contribution in [3.63, 3.8) is 0 Å². The number of fused-ring (bicyclic) bond motifs is 1. The molecule has 0 bridgehead atoms. The molecule has 5 rings (SSSR count). The minimum atomic E-state index is -0.674. The van der Waals surface area contributed by atoms with E-state index in [0.717, 1.165) is 36.0 Å². The maximum Gasteiger partial charge on any atom is 0.325 e. The highest BCUT2D eigenvalue weighted by Crippen LogP contribution is 2.42. The minimum Gasteiger partial charge on any atom is -0.465 e. The van der Waals surface area contributed by atoms with E-state index in [-0.39, 0.29) is 49.5 Å². The second-order valence-electron chi connectivity index (χ2n) is 14.2. The first-order valence-electron chi connectivity index (χ1n) is 17.4. The van der Waals surface area contributed by atoms with Crippen LogP contribution >= 0.6 is 0 Å². The van der Waals surface area contributed by atoms with Gasteiger partial charge >= 0.3 is 12.0 Å². The van der Waals surface area contributed by atoms with Gasteiger partial charge in [0.25, 0.3) is 0 Å². The summed E-state index contributed by atoms with van der Waals surface area (Å²) in [7, 11) is 0. The fourth-order valence-electron chi connectivity index (χ4n) is 7.26. The van der Waals surface area contributed by atoms with Gasteiger partial charge in [-0.1, -0.05) is 49.2 Å². The van der Waals surface area contributed by atoms with E-state index in [4.69, 9.17) is 14.2 Å². The number of carbonyl (C=O) groups is 3. The van der Waals surface area contributed by atoms with Gasteiger partial charge in [0.1, 0.15) is 6.54 Å². The third kappa shape index (κ3) is 9.56. The first-order valence-corrected chi connectivity index (χ1v) is 17.4. The third-order valence-corrected chi connectivity index (χ3v) is 9.48. The van der Waals surface area contributed by atoms with Crippen molar-refractivity contribution in [2.75, 3.05) is 25.0 Å². The van der Waals surface area contributed by atoms with E-state index in [1.165, 1.54) is 19.3 Å². The van der Waals surface area contributed by atoms with Crippen LogP contribution in [0.5, 0.6) is 0 Å². The molecule has 3 aliphatic rings. The molecule has 2 heterocycles. The Labute approximate surface area is 284 Å². The lowest BCUT2D eigenvalue weighted by molar-refractivity contribution is -0.255. The topological polar surface area (TPSA) is 138 Å². The summed E-state index contributed by atoms with van der Waals surface area (Å²) in [6.45, 7) is 8.40. The number of benzene rings is 2. The number of hydrogen-bond donors (Lipinski definition) is 4. The van der Waals surface area contributed by atoms with Gasteiger partial charge in [0.15, 0.2) is 6.29 Å². The Kier molecular flexibility index (Phi) is 12.1. The number of esters is 1. The molecular formula is C37H52N4O7. The van der Waals surface area contributed by atoms with Crippen molar-refractivity contribution < 1.29 is 33.7 Å². The summed E-state index contributed by atoms with van der Waals surface area (Å²) in [6, 6.07) is 14.7. The van der Waals surface area contributed by atoms with Gasteiger partial charge in [-0.3, -0.25) is 14.5 Å². The number of piperidine rings is 1. The maximum absolute atomic E-state index is 13.7. The first kappa shape index (κ1) is 35.8. The highest BCUT2D eigenvalue weighted by molar-refractivity contribution is 5.91. The number of hydrogen-bond acceptors (Lipinski definition) is 8. The van der Waals surface area contributed by atoms with Gasteiger partial charge in [-0.15, -0.1) is 0 Å². The summed E-state index contributed by atoms with van der Waals surface area (Å²) in [5.41, 5.74) is 2.86. The van der Waals surface area contributed by atoms with E-state index in [1.807, 2.05) is 57.2 Å². The van der Waals surface area contributed by atoms with Crippen molar-refractivity contribution in [1.29, 1.82) is 0 Å². The number of aliphatic hydroxyl groups excluding tert-OH is 1. The molecule has 3 fully saturated rings. The zero-order chi connectivity index (χ0) is 34.3. The Hall–Kier alpha value is -3.51. The zero-order valence-electron chi connectivity index (χ0n) is 28.7. The summed E-state index contributed by atoms with van der Waals surface area (Å²) in [4.78, 5) is 40.0. The zero-order valence-corrected chi connectivity index (χ0v) is 28.7. The highest BCUT2D eigenvalue weighted by Gasteiger charge is 2.44. The van der Waals surface area contributed by atoms with E-state index in [0.29, 0.717) is 30.6 Å². The smallest absolute Gasteiger partial charge is 0.325 e. The molecule has 11 nitrogen and oxygen atoms in total. The molecule has 2 aromatic rings. The monoisotopic (exact) mass is 664 g/mol. The second-order valence-corrected chi connectivity index (χ2v) is 14.2. The number of ether oxygens (including phenoxy) is 3. The fraction of sp³-hybridized carbons (Fsp3) is 0.595. The Balaban J connectivity index is 1.35. The van der Waals surface area contributed by atoms with Crippen LogP contribution in [0.3, 0.4) is 0 Å². The molecule has 3 amide bonds. The molecule has 4 N–H and O–H groups in total. The average molecular weight is 665 g/mol. The second kappa shape index (κ2) is 16.3. The van der Waals surface area contributed by atoms with Crippen molar-refractivity contribution in [2.24, 2.45) is 5.92 Å². The fourth-order valence-corrected chi connectivity index (χ4v) is 7.26. The largest absolute Gasteiger partial charge is 0.465 e. The Morgan fingerprint density at radius 1 is 0.938 bits per heavy atom. The van der Waals surface area contributed by atoms with E-state index in [9.17, 15) is 19.5 Å². The van der Waals surface area contributed by atoms with Gasteiger partial charge in [0.2, 0.25) is 5.91 Å². The van der Waals surface area contributed by atoms with Gasteiger partial charge in [0.05, 0.1) is 31.5 Å². The maximum atomic E-state index is 13.7. The van der Waals surface area contributed by atoms with E-state index in [2.05, 4.69) is 20.9 Å². The van der Waals surface area contributed by atoms with Crippen molar-refractivity contribution in [3.8, 4) is 0 Å². The molecule has 2 saturated heterocycles. The van der Waals surface area contributed by atoms with E-state index < -0.39 is 18.3 Å². The van der Waals surface area contributed by atoms with Crippen LogP contribution in [-0.2, 0) is 30.4 Å². The molecule has 1 saturated carbocycles. The average Bonchev–Trinajstić information content (AvgIpc) is 3.07. The number of amides is 3. The Morgan fingerprint density at radius 3 is 2.33 bits per heavy atom. The number of rotatable bonds is 10. The van der Waals surface area contributed by atoms with Crippen LogP contribution in [0, 0.1) is 5.92 Å². The summed E-state index contributed by atoms with van der Waals surface area (Å²) >= 11 is 0. The van der Waals surface area contributed by atoms with Crippen LogP contribution in [0.25, 0.3) is 0 Å². The number of urea groups is 1. The highest BCUT2D eigenvalue weighted by atomic mass is 16.7.